The molecule has 6 nitrogen and oxygen atoms in total. The number of rotatable bonds is 6. The first-order valence-corrected chi connectivity index (χ1v) is 6.80. The summed E-state index contributed by atoms with van der Waals surface area (Å²) >= 11 is 0. The molecule has 0 aliphatic rings. The molecular weight excluding hydrogens is 282 g/mol. The van der Waals surface area contributed by atoms with Crippen LogP contribution in [0.15, 0.2) is 41.6 Å². The Morgan fingerprint density at radius 1 is 1.32 bits per heavy atom. The summed E-state index contributed by atoms with van der Waals surface area (Å²) in [7, 11) is 3.25. The number of carbonyl (C=O) groups excluding carboxylic acids is 1. The molecule has 6 heteroatoms. The summed E-state index contributed by atoms with van der Waals surface area (Å²) in [5.74, 6) is 0.476. The second kappa shape index (κ2) is 7.42. The second-order valence-electron chi connectivity index (χ2n) is 4.68. The van der Waals surface area contributed by atoms with Gasteiger partial charge in [0.1, 0.15) is 11.4 Å². The highest BCUT2D eigenvalue weighted by atomic mass is 16.5. The van der Waals surface area contributed by atoms with Crippen LogP contribution in [0.4, 0.5) is 0 Å². The van der Waals surface area contributed by atoms with Gasteiger partial charge < -0.3 is 14.5 Å². The normalized spacial score (nSPS) is 11.3. The number of aromatic nitrogens is 1. The summed E-state index contributed by atoms with van der Waals surface area (Å²) in [5, 5.41) is 4.12. The van der Waals surface area contributed by atoms with Gasteiger partial charge in [0.15, 0.2) is 0 Å². The van der Waals surface area contributed by atoms with E-state index in [1.807, 2.05) is 25.1 Å². The van der Waals surface area contributed by atoms with E-state index in [1.165, 1.54) is 0 Å². The van der Waals surface area contributed by atoms with E-state index < -0.39 is 0 Å². The molecule has 116 valence electrons. The van der Waals surface area contributed by atoms with Crippen LogP contribution in [0.25, 0.3) is 0 Å². The van der Waals surface area contributed by atoms with E-state index in [0.29, 0.717) is 18.0 Å². The first kappa shape index (κ1) is 15.8. The number of nitrogens with one attached hydrogen (secondary N) is 2. The summed E-state index contributed by atoms with van der Waals surface area (Å²) in [4.78, 5) is 14.6. The van der Waals surface area contributed by atoms with Gasteiger partial charge in [-0.1, -0.05) is 0 Å². The third-order valence-corrected chi connectivity index (χ3v) is 3.17. The molecule has 0 atom stereocenters. The molecular formula is C16H19N3O3. The van der Waals surface area contributed by atoms with Gasteiger partial charge in [0.2, 0.25) is 0 Å². The number of H-pyrrole nitrogens is 1. The SMILES string of the molecule is COCc1cc(/C(C)=N\NC(=O)c2ccc[nH]2)ccc1OC. The predicted octanol–water partition coefficient (Wildman–Crippen LogP) is 2.32. The zero-order valence-corrected chi connectivity index (χ0v) is 12.8. The predicted molar refractivity (Wildman–Crippen MR) is 84.2 cm³/mol. The van der Waals surface area contributed by atoms with Crippen LogP contribution in [0, 0.1) is 0 Å². The Morgan fingerprint density at radius 2 is 2.14 bits per heavy atom. The fourth-order valence-corrected chi connectivity index (χ4v) is 2.00. The molecule has 2 N–H and O–H groups in total. The summed E-state index contributed by atoms with van der Waals surface area (Å²) in [6.07, 6.45) is 1.69. The average molecular weight is 301 g/mol. The van der Waals surface area contributed by atoms with Crippen LogP contribution in [-0.2, 0) is 11.3 Å². The maximum absolute atomic E-state index is 11.8. The molecule has 0 aliphatic heterocycles. The zero-order chi connectivity index (χ0) is 15.9. The topological polar surface area (TPSA) is 75.7 Å². The third-order valence-electron chi connectivity index (χ3n) is 3.17. The lowest BCUT2D eigenvalue weighted by Crippen LogP contribution is -2.19. The molecule has 0 saturated heterocycles. The van der Waals surface area contributed by atoms with E-state index in [2.05, 4.69) is 15.5 Å². The molecule has 0 radical (unpaired) electrons. The van der Waals surface area contributed by atoms with Crippen molar-refractivity contribution in [2.45, 2.75) is 13.5 Å². The van der Waals surface area contributed by atoms with Gasteiger partial charge in [-0.05, 0) is 42.8 Å². The first-order chi connectivity index (χ1) is 10.7. The molecule has 2 rings (SSSR count). The molecule has 0 aliphatic carbocycles. The lowest BCUT2D eigenvalue weighted by molar-refractivity contribution is 0.0950. The van der Waals surface area contributed by atoms with Crippen LogP contribution < -0.4 is 10.2 Å². The van der Waals surface area contributed by atoms with Crippen LogP contribution in [0.5, 0.6) is 5.75 Å². The molecule has 22 heavy (non-hydrogen) atoms. The van der Waals surface area contributed by atoms with Crippen molar-refractivity contribution in [2.75, 3.05) is 14.2 Å². The molecule has 0 unspecified atom stereocenters. The largest absolute Gasteiger partial charge is 0.496 e. The van der Waals surface area contributed by atoms with Crippen LogP contribution in [0.1, 0.15) is 28.5 Å². The lowest BCUT2D eigenvalue weighted by Gasteiger charge is -2.10. The van der Waals surface area contributed by atoms with Gasteiger partial charge in [0, 0.05) is 18.9 Å². The molecule has 2 aromatic rings. The highest BCUT2D eigenvalue weighted by Gasteiger charge is 2.08. The van der Waals surface area contributed by atoms with Crippen molar-refractivity contribution in [2.24, 2.45) is 5.10 Å². The van der Waals surface area contributed by atoms with E-state index in [9.17, 15) is 4.79 Å². The van der Waals surface area contributed by atoms with Crippen LogP contribution in [-0.4, -0.2) is 30.8 Å². The molecule has 0 saturated carbocycles. The summed E-state index contributed by atoms with van der Waals surface area (Å²) in [6, 6.07) is 9.12. The quantitative estimate of drug-likeness (QED) is 0.635. The smallest absolute Gasteiger partial charge is 0.287 e. The van der Waals surface area contributed by atoms with E-state index in [0.717, 1.165) is 16.9 Å². The number of hydrazone groups is 1. The third kappa shape index (κ3) is 3.73. The van der Waals surface area contributed by atoms with Crippen molar-refractivity contribution in [1.82, 2.24) is 10.4 Å². The maximum atomic E-state index is 11.8. The lowest BCUT2D eigenvalue weighted by atomic mass is 10.1. The van der Waals surface area contributed by atoms with Crippen LogP contribution >= 0.6 is 0 Å². The minimum atomic E-state index is -0.282. The van der Waals surface area contributed by atoms with Crippen molar-refractivity contribution >= 4 is 11.6 Å². The van der Waals surface area contributed by atoms with Gasteiger partial charge in [-0.2, -0.15) is 5.10 Å². The first-order valence-electron chi connectivity index (χ1n) is 6.80. The highest BCUT2D eigenvalue weighted by Crippen LogP contribution is 2.21. The van der Waals surface area contributed by atoms with E-state index in [-0.39, 0.29) is 5.91 Å². The minimum Gasteiger partial charge on any atom is -0.496 e. The van der Waals surface area contributed by atoms with Gasteiger partial charge in [-0.25, -0.2) is 5.43 Å². The Bertz CT molecular complexity index is 663. The average Bonchev–Trinajstić information content (AvgIpc) is 3.07. The Labute approximate surface area is 129 Å². The van der Waals surface area contributed by atoms with Crippen molar-refractivity contribution in [3.63, 3.8) is 0 Å². The number of hydrogen-bond acceptors (Lipinski definition) is 4. The Balaban J connectivity index is 2.14. The van der Waals surface area contributed by atoms with Crippen molar-refractivity contribution in [3.05, 3.63) is 53.3 Å². The second-order valence-corrected chi connectivity index (χ2v) is 4.68. The number of methoxy groups -OCH3 is 2. The standard InChI is InChI=1S/C16H19N3O3/c1-11(18-19-16(20)14-5-4-8-17-14)12-6-7-15(22-3)13(9-12)10-21-2/h4-9,17H,10H2,1-3H3,(H,19,20)/b18-11-. The van der Waals surface area contributed by atoms with Gasteiger partial charge in [-0.15, -0.1) is 0 Å². The van der Waals surface area contributed by atoms with Crippen molar-refractivity contribution < 1.29 is 14.3 Å². The van der Waals surface area contributed by atoms with E-state index in [4.69, 9.17) is 9.47 Å². The van der Waals surface area contributed by atoms with Crippen LogP contribution in [0.3, 0.4) is 0 Å². The molecule has 1 aromatic heterocycles. The molecule has 1 aromatic carbocycles. The van der Waals surface area contributed by atoms with E-state index >= 15 is 0 Å². The zero-order valence-electron chi connectivity index (χ0n) is 12.8. The van der Waals surface area contributed by atoms with Crippen molar-refractivity contribution in [3.8, 4) is 5.75 Å². The molecule has 1 heterocycles. The number of nitrogens with zero attached hydrogens (tertiary/aromatic N) is 1. The van der Waals surface area contributed by atoms with Gasteiger partial charge >= 0.3 is 0 Å². The fourth-order valence-electron chi connectivity index (χ4n) is 2.00. The number of ether oxygens (including phenoxy) is 2. The van der Waals surface area contributed by atoms with Crippen molar-refractivity contribution in [1.29, 1.82) is 0 Å². The van der Waals surface area contributed by atoms with Crippen LogP contribution in [0.2, 0.25) is 0 Å². The van der Waals surface area contributed by atoms with E-state index in [1.54, 1.807) is 32.5 Å². The summed E-state index contributed by atoms with van der Waals surface area (Å²) in [5.41, 5.74) is 5.49. The molecule has 1 amide bonds. The minimum absolute atomic E-state index is 0.282. The monoisotopic (exact) mass is 301 g/mol. The van der Waals surface area contributed by atoms with Gasteiger partial charge in [-0.3, -0.25) is 4.79 Å². The maximum Gasteiger partial charge on any atom is 0.287 e. The number of hydrogen-bond donors (Lipinski definition) is 2. The Hall–Kier alpha value is -2.60. The highest BCUT2D eigenvalue weighted by molar-refractivity contribution is 6.00. The fraction of sp³-hybridized carbons (Fsp3) is 0.250. The Kier molecular flexibility index (Phi) is 5.32. The number of aromatic amines is 1. The van der Waals surface area contributed by atoms with Gasteiger partial charge in [0.05, 0.1) is 19.4 Å². The summed E-state index contributed by atoms with van der Waals surface area (Å²) < 4.78 is 10.4. The molecule has 0 bridgehead atoms. The number of amides is 1. The molecule has 0 fully saturated rings. The number of carbonyl (C=O) groups is 1. The van der Waals surface area contributed by atoms with Gasteiger partial charge in [0.25, 0.3) is 5.91 Å². The number of benzene rings is 1. The Morgan fingerprint density at radius 3 is 2.77 bits per heavy atom. The molecule has 0 spiro atoms. The summed E-state index contributed by atoms with van der Waals surface area (Å²) in [6.45, 7) is 2.27.